The summed E-state index contributed by atoms with van der Waals surface area (Å²) in [6, 6.07) is 13.8. The van der Waals surface area contributed by atoms with Crippen LogP contribution < -0.4 is 0 Å². The molecule has 1 fully saturated rings. The molecule has 3 rings (SSSR count). The molecule has 1 saturated carbocycles. The molecule has 0 saturated heterocycles. The first-order valence-corrected chi connectivity index (χ1v) is 10.1. The normalized spacial score (nSPS) is 19.7. The first-order valence-electron chi connectivity index (χ1n) is 10.1. The highest BCUT2D eigenvalue weighted by Crippen LogP contribution is 2.30. The van der Waals surface area contributed by atoms with Gasteiger partial charge in [0.2, 0.25) is 0 Å². The fourth-order valence-electron chi connectivity index (χ4n) is 3.85. The van der Waals surface area contributed by atoms with E-state index in [0.717, 1.165) is 41.0 Å². The molecule has 1 heteroatoms. The molecule has 0 spiro atoms. The standard InChI is InChI=1S/C25H29F/c1-3-5-23-16-17-24(18-25(23)26)22-14-12-21(13-15-22)11-10-20-8-6-19(4-2)7-9-20/h12-20H,3-9H2,1-2H3. The van der Waals surface area contributed by atoms with Crippen LogP contribution in [0.4, 0.5) is 4.39 Å². The molecule has 1 aliphatic rings. The quantitative estimate of drug-likeness (QED) is 0.521. The summed E-state index contributed by atoms with van der Waals surface area (Å²) in [6.45, 7) is 4.37. The van der Waals surface area contributed by atoms with Crippen LogP contribution in [-0.4, -0.2) is 0 Å². The van der Waals surface area contributed by atoms with Crippen molar-refractivity contribution in [3.63, 3.8) is 0 Å². The maximum absolute atomic E-state index is 14.2. The monoisotopic (exact) mass is 348 g/mol. The van der Waals surface area contributed by atoms with E-state index in [2.05, 4.69) is 37.8 Å². The Bertz CT molecular complexity index is 768. The second-order valence-corrected chi connectivity index (χ2v) is 7.53. The highest BCUT2D eigenvalue weighted by atomic mass is 19.1. The molecule has 0 atom stereocenters. The Morgan fingerprint density at radius 1 is 0.923 bits per heavy atom. The predicted octanol–water partition coefficient (Wildman–Crippen LogP) is 7.01. The number of halogens is 1. The van der Waals surface area contributed by atoms with E-state index in [0.29, 0.717) is 5.92 Å². The van der Waals surface area contributed by atoms with Gasteiger partial charge in [0.1, 0.15) is 5.82 Å². The Morgan fingerprint density at radius 2 is 1.62 bits per heavy atom. The summed E-state index contributed by atoms with van der Waals surface area (Å²) >= 11 is 0. The summed E-state index contributed by atoms with van der Waals surface area (Å²) in [6.07, 6.45) is 8.20. The number of hydrogen-bond donors (Lipinski definition) is 0. The molecular weight excluding hydrogens is 319 g/mol. The SMILES string of the molecule is CCCc1ccc(-c2ccc(C#CC3CCC(CC)CC3)cc2)cc1F. The minimum Gasteiger partial charge on any atom is -0.207 e. The first-order chi connectivity index (χ1) is 12.7. The van der Waals surface area contributed by atoms with Crippen LogP contribution in [0.5, 0.6) is 0 Å². The van der Waals surface area contributed by atoms with Crippen LogP contribution in [0.25, 0.3) is 11.1 Å². The molecule has 0 amide bonds. The molecule has 0 nitrogen and oxygen atoms in total. The smallest absolute Gasteiger partial charge is 0.127 e. The van der Waals surface area contributed by atoms with Crippen LogP contribution in [0.1, 0.15) is 63.5 Å². The summed E-state index contributed by atoms with van der Waals surface area (Å²) in [5.74, 6) is 8.17. The zero-order valence-corrected chi connectivity index (χ0v) is 16.0. The third kappa shape index (κ3) is 4.76. The van der Waals surface area contributed by atoms with Gasteiger partial charge in [-0.1, -0.05) is 62.8 Å². The lowest BCUT2D eigenvalue weighted by atomic mass is 9.81. The molecule has 1 aliphatic carbocycles. The van der Waals surface area contributed by atoms with Crippen LogP contribution in [-0.2, 0) is 6.42 Å². The van der Waals surface area contributed by atoms with Crippen LogP contribution in [0, 0.1) is 29.5 Å². The highest BCUT2D eigenvalue weighted by Gasteiger charge is 2.18. The van der Waals surface area contributed by atoms with Crippen molar-refractivity contribution in [2.24, 2.45) is 11.8 Å². The second-order valence-electron chi connectivity index (χ2n) is 7.53. The van der Waals surface area contributed by atoms with Crippen molar-refractivity contribution < 1.29 is 4.39 Å². The van der Waals surface area contributed by atoms with Gasteiger partial charge >= 0.3 is 0 Å². The molecule has 0 aromatic heterocycles. The zero-order valence-electron chi connectivity index (χ0n) is 16.0. The maximum Gasteiger partial charge on any atom is 0.127 e. The van der Waals surface area contributed by atoms with Gasteiger partial charge in [0, 0.05) is 11.5 Å². The van der Waals surface area contributed by atoms with E-state index in [4.69, 9.17) is 0 Å². The third-order valence-electron chi connectivity index (χ3n) is 5.64. The van der Waals surface area contributed by atoms with Crippen molar-refractivity contribution in [2.45, 2.75) is 58.8 Å². The van der Waals surface area contributed by atoms with Crippen LogP contribution in [0.2, 0.25) is 0 Å². The van der Waals surface area contributed by atoms with Crippen LogP contribution in [0.15, 0.2) is 42.5 Å². The molecule has 0 radical (unpaired) electrons. The summed E-state index contributed by atoms with van der Waals surface area (Å²) < 4.78 is 14.2. The molecule has 0 aliphatic heterocycles. The Morgan fingerprint density at radius 3 is 2.23 bits per heavy atom. The maximum atomic E-state index is 14.2. The Hall–Kier alpha value is -2.07. The van der Waals surface area contributed by atoms with Gasteiger partial charge < -0.3 is 0 Å². The molecule has 0 unspecified atom stereocenters. The second kappa shape index (κ2) is 9.04. The Kier molecular flexibility index (Phi) is 6.51. The van der Waals surface area contributed by atoms with Crippen molar-refractivity contribution in [2.75, 3.05) is 0 Å². The minimum absolute atomic E-state index is 0.101. The van der Waals surface area contributed by atoms with E-state index in [1.54, 1.807) is 6.07 Å². The average Bonchev–Trinajstić information content (AvgIpc) is 2.69. The van der Waals surface area contributed by atoms with Crippen LogP contribution in [0.3, 0.4) is 0 Å². The molecule has 26 heavy (non-hydrogen) atoms. The van der Waals surface area contributed by atoms with E-state index in [1.807, 2.05) is 24.3 Å². The summed E-state index contributed by atoms with van der Waals surface area (Å²) in [4.78, 5) is 0. The number of rotatable bonds is 4. The Balaban J connectivity index is 1.66. The van der Waals surface area contributed by atoms with E-state index in [1.165, 1.54) is 32.1 Å². The first kappa shape index (κ1) is 18.7. The lowest BCUT2D eigenvalue weighted by molar-refractivity contribution is 0.309. The van der Waals surface area contributed by atoms with Crippen molar-refractivity contribution >= 4 is 0 Å². The highest BCUT2D eigenvalue weighted by molar-refractivity contribution is 5.65. The summed E-state index contributed by atoms with van der Waals surface area (Å²) in [7, 11) is 0. The predicted molar refractivity (Wildman–Crippen MR) is 108 cm³/mol. The largest absolute Gasteiger partial charge is 0.207 e. The van der Waals surface area contributed by atoms with Crippen molar-refractivity contribution in [1.82, 2.24) is 0 Å². The fraction of sp³-hybridized carbons (Fsp3) is 0.440. The van der Waals surface area contributed by atoms with Gasteiger partial charge in [0.25, 0.3) is 0 Å². The van der Waals surface area contributed by atoms with Gasteiger partial charge in [-0.05, 0) is 72.9 Å². The van der Waals surface area contributed by atoms with Gasteiger partial charge in [-0.25, -0.2) is 4.39 Å². The Labute approximate surface area is 157 Å². The minimum atomic E-state index is -0.101. The third-order valence-corrected chi connectivity index (χ3v) is 5.64. The van der Waals surface area contributed by atoms with E-state index in [9.17, 15) is 4.39 Å². The average molecular weight is 349 g/mol. The number of aryl methyl sites for hydroxylation is 1. The summed E-state index contributed by atoms with van der Waals surface area (Å²) in [5, 5.41) is 0. The molecule has 0 N–H and O–H groups in total. The molecule has 136 valence electrons. The molecule has 2 aromatic carbocycles. The summed E-state index contributed by atoms with van der Waals surface area (Å²) in [5.41, 5.74) is 3.83. The van der Waals surface area contributed by atoms with Crippen molar-refractivity contribution in [3.05, 3.63) is 59.4 Å². The molecule has 0 bridgehead atoms. The molecule has 2 aromatic rings. The van der Waals surface area contributed by atoms with E-state index >= 15 is 0 Å². The van der Waals surface area contributed by atoms with E-state index < -0.39 is 0 Å². The van der Waals surface area contributed by atoms with Gasteiger partial charge in [-0.3, -0.25) is 0 Å². The molecule has 0 heterocycles. The van der Waals surface area contributed by atoms with Gasteiger partial charge in [0.05, 0.1) is 0 Å². The zero-order chi connectivity index (χ0) is 18.4. The lowest BCUT2D eigenvalue weighted by Crippen LogP contribution is -2.12. The fourth-order valence-corrected chi connectivity index (χ4v) is 3.85. The van der Waals surface area contributed by atoms with Gasteiger partial charge in [-0.15, -0.1) is 0 Å². The van der Waals surface area contributed by atoms with Crippen molar-refractivity contribution in [3.8, 4) is 23.0 Å². The molecular formula is C25H29F. The van der Waals surface area contributed by atoms with E-state index in [-0.39, 0.29) is 5.82 Å². The topological polar surface area (TPSA) is 0 Å². The number of benzene rings is 2. The lowest BCUT2D eigenvalue weighted by Gasteiger charge is -2.24. The van der Waals surface area contributed by atoms with Gasteiger partial charge in [0.15, 0.2) is 0 Å². The van der Waals surface area contributed by atoms with Gasteiger partial charge in [-0.2, -0.15) is 0 Å². The van der Waals surface area contributed by atoms with Crippen molar-refractivity contribution in [1.29, 1.82) is 0 Å². The van der Waals surface area contributed by atoms with Crippen LogP contribution >= 0.6 is 0 Å². The number of hydrogen-bond acceptors (Lipinski definition) is 0.